The molecule has 0 aromatic heterocycles. The fraction of sp³-hybridized carbons (Fsp3) is 0.435. The van der Waals surface area contributed by atoms with Gasteiger partial charge in [0.25, 0.3) is 0 Å². The van der Waals surface area contributed by atoms with Gasteiger partial charge in [0.05, 0.1) is 33.0 Å². The average molecular weight is 433 g/mol. The summed E-state index contributed by atoms with van der Waals surface area (Å²) in [5, 5.41) is 3.74. The SMILES string of the molecule is COc1cccc(COC(C)C(=O)NCC(c2ccc(Cl)cc2)N2CCOCC2)c1. The topological polar surface area (TPSA) is 60.0 Å². The van der Waals surface area contributed by atoms with E-state index in [9.17, 15) is 4.79 Å². The number of nitrogens with zero attached hydrogens (tertiary/aromatic N) is 1. The van der Waals surface area contributed by atoms with E-state index in [1.807, 2.05) is 48.5 Å². The number of morpholine rings is 1. The first kappa shape index (κ1) is 22.6. The molecular formula is C23H29ClN2O4. The van der Waals surface area contributed by atoms with Crippen molar-refractivity contribution in [2.24, 2.45) is 0 Å². The summed E-state index contributed by atoms with van der Waals surface area (Å²) in [4.78, 5) is 15.0. The molecule has 0 bridgehead atoms. The quantitative estimate of drug-likeness (QED) is 0.657. The number of nitrogens with one attached hydrogen (secondary N) is 1. The van der Waals surface area contributed by atoms with E-state index >= 15 is 0 Å². The van der Waals surface area contributed by atoms with Crippen molar-refractivity contribution in [1.82, 2.24) is 10.2 Å². The maximum Gasteiger partial charge on any atom is 0.248 e. The Kier molecular flexibility index (Phi) is 8.51. The van der Waals surface area contributed by atoms with Gasteiger partial charge in [0.2, 0.25) is 5.91 Å². The lowest BCUT2D eigenvalue weighted by molar-refractivity contribution is -0.132. The molecule has 2 aromatic rings. The maximum absolute atomic E-state index is 12.6. The van der Waals surface area contributed by atoms with Crippen LogP contribution in [-0.2, 0) is 20.9 Å². The van der Waals surface area contributed by atoms with Crippen LogP contribution >= 0.6 is 11.6 Å². The Morgan fingerprint density at radius 2 is 1.93 bits per heavy atom. The van der Waals surface area contributed by atoms with Gasteiger partial charge in [-0.25, -0.2) is 0 Å². The minimum atomic E-state index is -0.563. The number of rotatable bonds is 9. The Hall–Kier alpha value is -2.12. The monoisotopic (exact) mass is 432 g/mol. The highest BCUT2D eigenvalue weighted by Crippen LogP contribution is 2.23. The molecule has 3 rings (SSSR count). The van der Waals surface area contributed by atoms with Crippen molar-refractivity contribution in [2.45, 2.75) is 25.7 Å². The van der Waals surface area contributed by atoms with E-state index in [4.69, 9.17) is 25.8 Å². The minimum Gasteiger partial charge on any atom is -0.497 e. The van der Waals surface area contributed by atoms with Crippen LogP contribution in [-0.4, -0.2) is 56.9 Å². The predicted octanol–water partition coefficient (Wildman–Crippen LogP) is 3.44. The Morgan fingerprint density at radius 3 is 2.63 bits per heavy atom. The van der Waals surface area contributed by atoms with Crippen LogP contribution in [0.4, 0.5) is 0 Å². The highest BCUT2D eigenvalue weighted by molar-refractivity contribution is 6.30. The number of amides is 1. The number of ether oxygens (including phenoxy) is 3. The van der Waals surface area contributed by atoms with Crippen LogP contribution in [0.3, 0.4) is 0 Å². The second kappa shape index (κ2) is 11.3. The first-order chi connectivity index (χ1) is 14.6. The van der Waals surface area contributed by atoms with Gasteiger partial charge in [0.15, 0.2) is 0 Å². The third-order valence-corrected chi connectivity index (χ3v) is 5.47. The van der Waals surface area contributed by atoms with Gasteiger partial charge in [-0.15, -0.1) is 0 Å². The number of carbonyl (C=O) groups excluding carboxylic acids is 1. The summed E-state index contributed by atoms with van der Waals surface area (Å²) in [7, 11) is 1.63. The van der Waals surface area contributed by atoms with Gasteiger partial charge in [-0.3, -0.25) is 9.69 Å². The second-order valence-corrected chi connectivity index (χ2v) is 7.70. The van der Waals surface area contributed by atoms with Crippen LogP contribution in [0.1, 0.15) is 24.1 Å². The molecule has 30 heavy (non-hydrogen) atoms. The van der Waals surface area contributed by atoms with Crippen LogP contribution in [0.2, 0.25) is 5.02 Å². The zero-order chi connectivity index (χ0) is 21.3. The molecule has 1 amide bonds. The first-order valence-electron chi connectivity index (χ1n) is 10.2. The van der Waals surface area contributed by atoms with Crippen molar-refractivity contribution < 1.29 is 19.0 Å². The van der Waals surface area contributed by atoms with E-state index in [1.165, 1.54) is 0 Å². The second-order valence-electron chi connectivity index (χ2n) is 7.27. The molecule has 162 valence electrons. The lowest BCUT2D eigenvalue weighted by Gasteiger charge is -2.35. The molecule has 0 aliphatic carbocycles. The van der Waals surface area contributed by atoms with E-state index in [0.29, 0.717) is 31.4 Å². The molecule has 1 aliphatic heterocycles. The molecule has 1 saturated heterocycles. The molecule has 2 atom stereocenters. The maximum atomic E-state index is 12.6. The fourth-order valence-electron chi connectivity index (χ4n) is 3.43. The molecular weight excluding hydrogens is 404 g/mol. The molecule has 1 fully saturated rings. The normalized spacial score (nSPS) is 16.6. The van der Waals surface area contributed by atoms with Gasteiger partial charge in [0.1, 0.15) is 11.9 Å². The van der Waals surface area contributed by atoms with E-state index in [-0.39, 0.29) is 11.9 Å². The van der Waals surface area contributed by atoms with E-state index in [2.05, 4.69) is 10.2 Å². The molecule has 0 radical (unpaired) electrons. The van der Waals surface area contributed by atoms with E-state index in [1.54, 1.807) is 14.0 Å². The molecule has 0 spiro atoms. The van der Waals surface area contributed by atoms with Crippen LogP contribution < -0.4 is 10.1 Å². The fourth-order valence-corrected chi connectivity index (χ4v) is 3.56. The molecule has 2 unspecified atom stereocenters. The number of hydrogen-bond donors (Lipinski definition) is 1. The highest BCUT2D eigenvalue weighted by Gasteiger charge is 2.24. The van der Waals surface area contributed by atoms with E-state index in [0.717, 1.165) is 30.0 Å². The zero-order valence-electron chi connectivity index (χ0n) is 17.5. The molecule has 7 heteroatoms. The Balaban J connectivity index is 1.56. The average Bonchev–Trinajstić information content (AvgIpc) is 2.79. The third kappa shape index (κ3) is 6.44. The largest absolute Gasteiger partial charge is 0.497 e. The molecule has 1 aliphatic rings. The Morgan fingerprint density at radius 1 is 1.20 bits per heavy atom. The van der Waals surface area contributed by atoms with Crippen LogP contribution in [0.5, 0.6) is 5.75 Å². The lowest BCUT2D eigenvalue weighted by atomic mass is 10.0. The smallest absolute Gasteiger partial charge is 0.248 e. The summed E-state index contributed by atoms with van der Waals surface area (Å²) in [6.45, 7) is 5.64. The summed E-state index contributed by atoms with van der Waals surface area (Å²) in [5.74, 6) is 0.634. The van der Waals surface area contributed by atoms with Crippen LogP contribution in [0.25, 0.3) is 0 Å². The summed E-state index contributed by atoms with van der Waals surface area (Å²) in [6.07, 6.45) is -0.563. The number of carbonyl (C=O) groups is 1. The van der Waals surface area contributed by atoms with Crippen molar-refractivity contribution >= 4 is 17.5 Å². The standard InChI is InChI=1S/C23H29ClN2O4/c1-17(30-16-18-4-3-5-21(14-18)28-2)23(27)25-15-22(26-10-12-29-13-11-26)19-6-8-20(24)9-7-19/h3-9,14,17,22H,10-13,15-16H2,1-2H3,(H,25,27). The summed E-state index contributed by atoms with van der Waals surface area (Å²) < 4.78 is 16.5. The lowest BCUT2D eigenvalue weighted by Crippen LogP contribution is -2.45. The van der Waals surface area contributed by atoms with Crippen LogP contribution in [0, 0.1) is 0 Å². The van der Waals surface area contributed by atoms with Gasteiger partial charge < -0.3 is 19.5 Å². The summed E-state index contributed by atoms with van der Waals surface area (Å²) in [5.41, 5.74) is 2.08. The predicted molar refractivity (Wildman–Crippen MR) is 117 cm³/mol. The molecule has 2 aromatic carbocycles. The third-order valence-electron chi connectivity index (χ3n) is 5.21. The van der Waals surface area contributed by atoms with Gasteiger partial charge in [-0.1, -0.05) is 35.9 Å². The van der Waals surface area contributed by atoms with Gasteiger partial charge in [-0.05, 0) is 42.3 Å². The number of methoxy groups -OCH3 is 1. The molecule has 6 nitrogen and oxygen atoms in total. The molecule has 1 N–H and O–H groups in total. The van der Waals surface area contributed by atoms with Crippen LogP contribution in [0.15, 0.2) is 48.5 Å². The van der Waals surface area contributed by atoms with Gasteiger partial charge in [-0.2, -0.15) is 0 Å². The van der Waals surface area contributed by atoms with Gasteiger partial charge in [0, 0.05) is 24.7 Å². The Labute approximate surface area is 183 Å². The highest BCUT2D eigenvalue weighted by atomic mass is 35.5. The summed E-state index contributed by atoms with van der Waals surface area (Å²) >= 11 is 6.05. The van der Waals surface area contributed by atoms with Crippen molar-refractivity contribution in [3.63, 3.8) is 0 Å². The number of hydrogen-bond acceptors (Lipinski definition) is 5. The van der Waals surface area contributed by atoms with Gasteiger partial charge >= 0.3 is 0 Å². The first-order valence-corrected chi connectivity index (χ1v) is 10.5. The van der Waals surface area contributed by atoms with E-state index < -0.39 is 6.10 Å². The van der Waals surface area contributed by atoms with Crippen molar-refractivity contribution in [3.05, 3.63) is 64.7 Å². The number of benzene rings is 2. The van der Waals surface area contributed by atoms with Crippen molar-refractivity contribution in [1.29, 1.82) is 0 Å². The van der Waals surface area contributed by atoms with Crippen molar-refractivity contribution in [2.75, 3.05) is 40.0 Å². The Bertz CT molecular complexity index is 809. The van der Waals surface area contributed by atoms with Crippen molar-refractivity contribution in [3.8, 4) is 5.75 Å². The molecule has 0 saturated carbocycles. The minimum absolute atomic E-state index is 0.0562. The summed E-state index contributed by atoms with van der Waals surface area (Å²) in [6, 6.07) is 15.5. The molecule has 1 heterocycles. The zero-order valence-corrected chi connectivity index (χ0v) is 18.2. The number of halogens is 1.